The Bertz CT molecular complexity index is 779. The van der Waals surface area contributed by atoms with E-state index in [9.17, 15) is 14.4 Å². The molecule has 0 aliphatic carbocycles. The van der Waals surface area contributed by atoms with Crippen LogP contribution in [0, 0.1) is 0 Å². The number of hydrogen-bond donors (Lipinski definition) is 0. The summed E-state index contributed by atoms with van der Waals surface area (Å²) in [5, 5.41) is 1.67. The molecule has 6 heteroatoms. The highest BCUT2D eigenvalue weighted by molar-refractivity contribution is 6.08. The first-order chi connectivity index (χ1) is 11.0. The lowest BCUT2D eigenvalue weighted by atomic mass is 10.1. The van der Waals surface area contributed by atoms with Crippen LogP contribution in [0.3, 0.4) is 0 Å². The third-order valence-electron chi connectivity index (χ3n) is 3.61. The van der Waals surface area contributed by atoms with Crippen molar-refractivity contribution in [3.05, 3.63) is 40.3 Å². The molecular formula is C17H21N3O3. The van der Waals surface area contributed by atoms with Gasteiger partial charge < -0.3 is 0 Å². The van der Waals surface area contributed by atoms with Crippen LogP contribution in [-0.2, 0) is 16.0 Å². The van der Waals surface area contributed by atoms with E-state index in [1.807, 2.05) is 13.0 Å². The molecule has 0 fully saturated rings. The highest BCUT2D eigenvalue weighted by Gasteiger charge is 2.25. The van der Waals surface area contributed by atoms with Crippen molar-refractivity contribution in [2.75, 3.05) is 5.01 Å². The molecule has 0 aliphatic heterocycles. The minimum absolute atomic E-state index is 0.129. The van der Waals surface area contributed by atoms with Gasteiger partial charge in [0.2, 0.25) is 11.8 Å². The molecule has 0 saturated carbocycles. The van der Waals surface area contributed by atoms with Gasteiger partial charge in [-0.25, -0.2) is 4.98 Å². The molecule has 0 N–H and O–H groups in total. The second-order valence-electron chi connectivity index (χ2n) is 5.26. The Balaban J connectivity index is 2.83. The second-order valence-corrected chi connectivity index (χ2v) is 5.26. The van der Waals surface area contributed by atoms with Gasteiger partial charge in [0.1, 0.15) is 0 Å². The zero-order valence-corrected chi connectivity index (χ0v) is 13.7. The largest absolute Gasteiger partial charge is 0.275 e. The van der Waals surface area contributed by atoms with Crippen LogP contribution in [0.15, 0.2) is 29.2 Å². The van der Waals surface area contributed by atoms with Crippen LogP contribution in [0.25, 0.3) is 11.0 Å². The smallest absolute Gasteiger partial charge is 0.273 e. The van der Waals surface area contributed by atoms with E-state index in [1.54, 1.807) is 32.2 Å². The van der Waals surface area contributed by atoms with Crippen LogP contribution in [0.5, 0.6) is 0 Å². The van der Waals surface area contributed by atoms with E-state index < -0.39 is 11.8 Å². The van der Waals surface area contributed by atoms with E-state index in [2.05, 4.69) is 4.98 Å². The Labute approximate surface area is 134 Å². The van der Waals surface area contributed by atoms with Gasteiger partial charge in [-0.05, 0) is 24.6 Å². The van der Waals surface area contributed by atoms with Crippen molar-refractivity contribution in [2.24, 2.45) is 0 Å². The average molecular weight is 315 g/mol. The van der Waals surface area contributed by atoms with Crippen LogP contribution in [0.2, 0.25) is 0 Å². The third-order valence-corrected chi connectivity index (χ3v) is 3.61. The maximum absolute atomic E-state index is 12.8. The molecule has 23 heavy (non-hydrogen) atoms. The number of rotatable bonds is 5. The van der Waals surface area contributed by atoms with Crippen LogP contribution in [0.4, 0.5) is 0 Å². The molecule has 0 aromatic carbocycles. The van der Waals surface area contributed by atoms with Crippen molar-refractivity contribution >= 4 is 22.8 Å². The van der Waals surface area contributed by atoms with Crippen LogP contribution in [-0.4, -0.2) is 21.5 Å². The summed E-state index contributed by atoms with van der Waals surface area (Å²) >= 11 is 0. The first-order valence-corrected chi connectivity index (χ1v) is 7.90. The topological polar surface area (TPSA) is 72.3 Å². The van der Waals surface area contributed by atoms with E-state index in [1.165, 1.54) is 0 Å². The highest BCUT2D eigenvalue weighted by atomic mass is 16.2. The molecule has 0 unspecified atom stereocenters. The minimum Gasteiger partial charge on any atom is -0.273 e. The molecule has 6 nitrogen and oxygen atoms in total. The fraction of sp³-hybridized carbons (Fsp3) is 0.412. The molecule has 0 radical (unpaired) electrons. The van der Waals surface area contributed by atoms with Gasteiger partial charge in [-0.2, -0.15) is 9.69 Å². The Kier molecular flexibility index (Phi) is 5.26. The second kappa shape index (κ2) is 7.17. The normalized spacial score (nSPS) is 10.7. The van der Waals surface area contributed by atoms with Gasteiger partial charge in [0, 0.05) is 30.0 Å². The summed E-state index contributed by atoms with van der Waals surface area (Å²) in [5.41, 5.74) is 0.536. The van der Waals surface area contributed by atoms with Gasteiger partial charge in [0.15, 0.2) is 5.65 Å². The van der Waals surface area contributed by atoms with E-state index in [4.69, 9.17) is 0 Å². The third kappa shape index (κ3) is 3.16. The van der Waals surface area contributed by atoms with Gasteiger partial charge in [-0.15, -0.1) is 0 Å². The number of nitrogens with zero attached hydrogens (tertiary/aromatic N) is 3. The monoisotopic (exact) mass is 315 g/mol. The van der Waals surface area contributed by atoms with Crippen LogP contribution >= 0.6 is 0 Å². The molecule has 0 aliphatic rings. The van der Waals surface area contributed by atoms with E-state index >= 15 is 0 Å². The fourth-order valence-corrected chi connectivity index (χ4v) is 2.48. The number of carbonyl (C=O) groups excluding carboxylic acids is 2. The van der Waals surface area contributed by atoms with E-state index in [0.29, 0.717) is 17.6 Å². The van der Waals surface area contributed by atoms with Crippen LogP contribution in [0.1, 0.15) is 45.6 Å². The summed E-state index contributed by atoms with van der Waals surface area (Å²) in [7, 11) is 0. The lowest BCUT2D eigenvalue weighted by Crippen LogP contribution is -2.50. The number of imide groups is 1. The highest BCUT2D eigenvalue weighted by Crippen LogP contribution is 2.13. The van der Waals surface area contributed by atoms with Crippen molar-refractivity contribution in [3.63, 3.8) is 0 Å². The van der Waals surface area contributed by atoms with Crippen molar-refractivity contribution in [3.8, 4) is 0 Å². The standard InChI is InChI=1S/C17H21N3O3/c1-4-8-13-11-12-9-7-10-18-16(12)20(17(13)23)19(14(21)5-2)15(22)6-3/h7,9-11H,4-6,8H2,1-3H3. The first-order valence-electron chi connectivity index (χ1n) is 7.90. The van der Waals surface area contributed by atoms with Gasteiger partial charge in [-0.3, -0.25) is 14.4 Å². The summed E-state index contributed by atoms with van der Waals surface area (Å²) in [4.78, 5) is 41.6. The molecule has 2 heterocycles. The molecule has 2 amide bonds. The predicted octanol–water partition coefficient (Wildman–Crippen LogP) is 2.16. The SMILES string of the molecule is CCCc1cc2cccnc2n(N(C(=O)CC)C(=O)CC)c1=O. The Hall–Kier alpha value is -2.50. The maximum atomic E-state index is 12.8. The van der Waals surface area contributed by atoms with Gasteiger partial charge in [-0.1, -0.05) is 27.2 Å². The van der Waals surface area contributed by atoms with Gasteiger partial charge in [0.05, 0.1) is 0 Å². The molecule has 0 atom stereocenters. The summed E-state index contributed by atoms with van der Waals surface area (Å²) < 4.78 is 1.14. The molecule has 2 rings (SSSR count). The predicted molar refractivity (Wildman–Crippen MR) is 88.8 cm³/mol. The Morgan fingerprint density at radius 2 is 1.83 bits per heavy atom. The summed E-state index contributed by atoms with van der Waals surface area (Å²) in [6.07, 6.45) is 3.18. The maximum Gasteiger partial charge on any atom is 0.275 e. The number of amides is 2. The van der Waals surface area contributed by atoms with E-state index in [0.717, 1.165) is 21.5 Å². The number of aryl methyl sites for hydroxylation is 1. The zero-order chi connectivity index (χ0) is 17.0. The molecular weight excluding hydrogens is 294 g/mol. The molecule has 122 valence electrons. The van der Waals surface area contributed by atoms with Crippen molar-refractivity contribution in [1.82, 2.24) is 9.66 Å². The quantitative estimate of drug-likeness (QED) is 0.847. The Morgan fingerprint density at radius 3 is 2.39 bits per heavy atom. The van der Waals surface area contributed by atoms with Crippen molar-refractivity contribution < 1.29 is 9.59 Å². The van der Waals surface area contributed by atoms with Gasteiger partial charge >= 0.3 is 0 Å². The number of carbonyl (C=O) groups is 2. The fourth-order valence-electron chi connectivity index (χ4n) is 2.48. The molecule has 2 aromatic heterocycles. The molecule has 2 aromatic rings. The summed E-state index contributed by atoms with van der Waals surface area (Å²) in [5.74, 6) is -0.834. The molecule has 0 saturated heterocycles. The van der Waals surface area contributed by atoms with Crippen LogP contribution < -0.4 is 10.6 Å². The summed E-state index contributed by atoms with van der Waals surface area (Å²) in [6.45, 7) is 5.30. The van der Waals surface area contributed by atoms with E-state index in [-0.39, 0.29) is 18.4 Å². The molecule has 0 spiro atoms. The van der Waals surface area contributed by atoms with Gasteiger partial charge in [0.25, 0.3) is 5.56 Å². The number of hydrogen-bond acceptors (Lipinski definition) is 4. The zero-order valence-electron chi connectivity index (χ0n) is 13.7. The average Bonchev–Trinajstić information content (AvgIpc) is 2.57. The Morgan fingerprint density at radius 1 is 1.17 bits per heavy atom. The first kappa shape index (κ1) is 16.9. The lowest BCUT2D eigenvalue weighted by molar-refractivity contribution is -0.128. The minimum atomic E-state index is -0.417. The number of pyridine rings is 2. The molecule has 0 bridgehead atoms. The van der Waals surface area contributed by atoms with Crippen molar-refractivity contribution in [2.45, 2.75) is 46.5 Å². The number of fused-ring (bicyclic) bond motifs is 1. The number of aromatic nitrogens is 2. The lowest BCUT2D eigenvalue weighted by Gasteiger charge is -2.23. The van der Waals surface area contributed by atoms with Crippen molar-refractivity contribution in [1.29, 1.82) is 0 Å². The summed E-state index contributed by atoms with van der Waals surface area (Å²) in [6, 6.07) is 5.37.